The van der Waals surface area contributed by atoms with Gasteiger partial charge in [0.15, 0.2) is 5.75 Å². The highest BCUT2D eigenvalue weighted by Gasteiger charge is 2.32. The average Bonchev–Trinajstić information content (AvgIpc) is 2.62. The topological polar surface area (TPSA) is 39.9 Å². The molecular formula is C10H7BrF3N3O. The van der Waals surface area contributed by atoms with Crippen LogP contribution in [0.25, 0.3) is 5.69 Å². The molecule has 8 heteroatoms. The number of rotatable bonds is 2. The maximum Gasteiger partial charge on any atom is 0.573 e. The summed E-state index contributed by atoms with van der Waals surface area (Å²) < 4.78 is 42.5. The fraction of sp³-hybridized carbons (Fsp3) is 0.200. The molecule has 2 rings (SSSR count). The zero-order valence-corrected chi connectivity index (χ0v) is 10.7. The molecule has 96 valence electrons. The third kappa shape index (κ3) is 3.00. The minimum absolute atomic E-state index is 0.163. The normalized spacial score (nSPS) is 11.6. The predicted molar refractivity (Wildman–Crippen MR) is 60.5 cm³/mol. The lowest BCUT2D eigenvalue weighted by molar-refractivity contribution is -0.274. The number of ether oxygens (including phenoxy) is 1. The highest BCUT2D eigenvalue weighted by atomic mass is 79.9. The maximum absolute atomic E-state index is 12.3. The van der Waals surface area contributed by atoms with E-state index in [1.54, 1.807) is 13.0 Å². The first-order valence-electron chi connectivity index (χ1n) is 4.79. The van der Waals surface area contributed by atoms with Crippen molar-refractivity contribution in [1.29, 1.82) is 0 Å². The van der Waals surface area contributed by atoms with Crippen LogP contribution >= 0.6 is 15.9 Å². The SMILES string of the molecule is Cc1ncn(-c2ccc(Br)cc2OC(F)(F)F)n1. The highest BCUT2D eigenvalue weighted by Crippen LogP contribution is 2.31. The molecule has 1 aromatic heterocycles. The molecule has 2 aromatic rings. The smallest absolute Gasteiger partial charge is 0.403 e. The maximum atomic E-state index is 12.3. The monoisotopic (exact) mass is 321 g/mol. The second-order valence-electron chi connectivity index (χ2n) is 3.40. The standard InChI is InChI=1S/C10H7BrF3N3O/c1-6-15-5-17(16-6)8-3-2-7(11)4-9(8)18-10(12,13)14/h2-5H,1H3. The van der Waals surface area contributed by atoms with Crippen molar-refractivity contribution in [2.75, 3.05) is 0 Å². The lowest BCUT2D eigenvalue weighted by atomic mass is 10.3. The molecule has 0 radical (unpaired) electrons. The van der Waals surface area contributed by atoms with Crippen LogP contribution in [0.1, 0.15) is 5.82 Å². The van der Waals surface area contributed by atoms with E-state index in [-0.39, 0.29) is 11.4 Å². The number of halogens is 4. The zero-order chi connectivity index (χ0) is 13.3. The molecule has 0 aliphatic rings. The van der Waals surface area contributed by atoms with Crippen molar-refractivity contribution in [3.8, 4) is 11.4 Å². The summed E-state index contributed by atoms with van der Waals surface area (Å²) in [5.41, 5.74) is 0.163. The number of alkyl halides is 3. The van der Waals surface area contributed by atoms with Gasteiger partial charge in [-0.15, -0.1) is 13.2 Å². The first-order chi connectivity index (χ1) is 8.35. The molecule has 18 heavy (non-hydrogen) atoms. The van der Waals surface area contributed by atoms with Gasteiger partial charge in [-0.2, -0.15) is 5.10 Å². The van der Waals surface area contributed by atoms with Gasteiger partial charge in [-0.25, -0.2) is 9.67 Å². The van der Waals surface area contributed by atoms with Crippen LogP contribution < -0.4 is 4.74 Å². The summed E-state index contributed by atoms with van der Waals surface area (Å²) in [6, 6.07) is 4.27. The van der Waals surface area contributed by atoms with Gasteiger partial charge in [0.1, 0.15) is 17.8 Å². The van der Waals surface area contributed by atoms with E-state index >= 15 is 0 Å². The lowest BCUT2D eigenvalue weighted by Crippen LogP contribution is -2.18. The van der Waals surface area contributed by atoms with Crippen LogP contribution in [0.4, 0.5) is 13.2 Å². The Balaban J connectivity index is 2.47. The Bertz CT molecular complexity index is 568. The molecule has 1 heterocycles. The van der Waals surface area contributed by atoms with Gasteiger partial charge >= 0.3 is 6.36 Å². The Morgan fingerprint density at radius 1 is 1.33 bits per heavy atom. The van der Waals surface area contributed by atoms with Crippen LogP contribution in [0.15, 0.2) is 29.0 Å². The molecule has 4 nitrogen and oxygen atoms in total. The molecule has 0 saturated heterocycles. The van der Waals surface area contributed by atoms with Crippen molar-refractivity contribution in [3.63, 3.8) is 0 Å². The van der Waals surface area contributed by atoms with Crippen molar-refractivity contribution in [2.45, 2.75) is 13.3 Å². The van der Waals surface area contributed by atoms with E-state index in [0.29, 0.717) is 10.3 Å². The minimum atomic E-state index is -4.76. The molecule has 0 bridgehead atoms. The molecular weight excluding hydrogens is 315 g/mol. The molecule has 0 fully saturated rings. The third-order valence-electron chi connectivity index (χ3n) is 2.00. The predicted octanol–water partition coefficient (Wildman–Crippen LogP) is 3.24. The van der Waals surface area contributed by atoms with Gasteiger partial charge in [-0.3, -0.25) is 0 Å². The van der Waals surface area contributed by atoms with E-state index in [9.17, 15) is 13.2 Å². The van der Waals surface area contributed by atoms with Crippen molar-refractivity contribution in [3.05, 3.63) is 34.8 Å². The number of hydrogen-bond acceptors (Lipinski definition) is 3. The summed E-state index contributed by atoms with van der Waals surface area (Å²) in [6.45, 7) is 1.64. The molecule has 0 saturated carbocycles. The van der Waals surface area contributed by atoms with Gasteiger partial charge in [0, 0.05) is 4.47 Å². The summed E-state index contributed by atoms with van der Waals surface area (Å²) in [4.78, 5) is 3.86. The van der Waals surface area contributed by atoms with Crippen LogP contribution in [0.3, 0.4) is 0 Å². The van der Waals surface area contributed by atoms with E-state index < -0.39 is 6.36 Å². The molecule has 0 aliphatic heterocycles. The van der Waals surface area contributed by atoms with Crippen molar-refractivity contribution < 1.29 is 17.9 Å². The van der Waals surface area contributed by atoms with E-state index in [4.69, 9.17) is 0 Å². The van der Waals surface area contributed by atoms with Gasteiger partial charge in [0.05, 0.1) is 0 Å². The van der Waals surface area contributed by atoms with Gasteiger partial charge in [-0.05, 0) is 25.1 Å². The quantitative estimate of drug-likeness (QED) is 0.852. The Hall–Kier alpha value is -1.57. The summed E-state index contributed by atoms with van der Waals surface area (Å²) in [5, 5.41) is 3.94. The summed E-state index contributed by atoms with van der Waals surface area (Å²) >= 11 is 3.09. The van der Waals surface area contributed by atoms with E-state index in [0.717, 1.165) is 0 Å². The molecule has 0 atom stereocenters. The molecule has 1 aromatic carbocycles. The van der Waals surface area contributed by atoms with Crippen molar-refractivity contribution in [2.24, 2.45) is 0 Å². The highest BCUT2D eigenvalue weighted by molar-refractivity contribution is 9.10. The van der Waals surface area contributed by atoms with Crippen LogP contribution in [0.5, 0.6) is 5.75 Å². The molecule has 0 amide bonds. The minimum Gasteiger partial charge on any atom is -0.403 e. The average molecular weight is 322 g/mol. The first-order valence-corrected chi connectivity index (χ1v) is 5.58. The summed E-state index contributed by atoms with van der Waals surface area (Å²) in [6.07, 6.45) is -3.44. The molecule has 0 spiro atoms. The third-order valence-corrected chi connectivity index (χ3v) is 2.49. The number of aromatic nitrogens is 3. The van der Waals surface area contributed by atoms with Crippen LogP contribution in [0, 0.1) is 6.92 Å². The Morgan fingerprint density at radius 2 is 2.06 bits per heavy atom. The number of benzene rings is 1. The van der Waals surface area contributed by atoms with E-state index in [1.165, 1.54) is 23.1 Å². The number of nitrogens with zero attached hydrogens (tertiary/aromatic N) is 3. The van der Waals surface area contributed by atoms with Crippen molar-refractivity contribution in [1.82, 2.24) is 14.8 Å². The van der Waals surface area contributed by atoms with Crippen molar-refractivity contribution >= 4 is 15.9 Å². The molecule has 0 unspecified atom stereocenters. The van der Waals surface area contributed by atoms with Crippen LogP contribution in [-0.2, 0) is 0 Å². The van der Waals surface area contributed by atoms with Gasteiger partial charge in [-0.1, -0.05) is 15.9 Å². The number of hydrogen-bond donors (Lipinski definition) is 0. The fourth-order valence-corrected chi connectivity index (χ4v) is 1.69. The zero-order valence-electron chi connectivity index (χ0n) is 9.07. The summed E-state index contributed by atoms with van der Waals surface area (Å²) in [5.74, 6) is 0.109. The largest absolute Gasteiger partial charge is 0.573 e. The summed E-state index contributed by atoms with van der Waals surface area (Å²) in [7, 11) is 0. The fourth-order valence-electron chi connectivity index (χ4n) is 1.35. The Kier molecular flexibility index (Phi) is 3.29. The molecule has 0 aliphatic carbocycles. The van der Waals surface area contributed by atoms with Gasteiger partial charge < -0.3 is 4.74 Å². The van der Waals surface area contributed by atoms with Gasteiger partial charge in [0.25, 0.3) is 0 Å². The Morgan fingerprint density at radius 3 is 2.61 bits per heavy atom. The molecule has 0 N–H and O–H groups in total. The Labute approximate surface area is 109 Å². The lowest BCUT2D eigenvalue weighted by Gasteiger charge is -2.13. The van der Waals surface area contributed by atoms with E-state index in [2.05, 4.69) is 30.7 Å². The first kappa shape index (κ1) is 12.9. The van der Waals surface area contributed by atoms with Crippen LogP contribution in [0.2, 0.25) is 0 Å². The second-order valence-corrected chi connectivity index (χ2v) is 4.31. The van der Waals surface area contributed by atoms with Gasteiger partial charge in [0.2, 0.25) is 0 Å². The van der Waals surface area contributed by atoms with E-state index in [1.807, 2.05) is 0 Å². The number of aryl methyl sites for hydroxylation is 1. The van der Waals surface area contributed by atoms with Crippen LogP contribution in [-0.4, -0.2) is 21.1 Å². The second kappa shape index (κ2) is 4.60.